The average Bonchev–Trinajstić information content (AvgIpc) is 3.39. The Balaban J connectivity index is 1.34. The van der Waals surface area contributed by atoms with Gasteiger partial charge in [0.1, 0.15) is 11.6 Å². The van der Waals surface area contributed by atoms with Crippen molar-refractivity contribution >= 4 is 40.6 Å². The van der Waals surface area contributed by atoms with Crippen LogP contribution in [0.25, 0.3) is 11.1 Å². The number of guanidine groups is 1. The number of carbonyl (C=O) groups is 1. The molecule has 8 heteroatoms. The molecule has 2 N–H and O–H groups in total. The molecule has 4 aromatic rings. The number of rotatable bonds is 4. The van der Waals surface area contributed by atoms with Crippen molar-refractivity contribution in [2.45, 2.75) is 12.6 Å². The molecule has 0 saturated carbocycles. The number of fused-ring (bicyclic) bond motifs is 1. The zero-order chi connectivity index (χ0) is 23.1. The Morgan fingerprint density at radius 1 is 1.03 bits per heavy atom. The summed E-state index contributed by atoms with van der Waals surface area (Å²) >= 11 is 6.53. The first-order chi connectivity index (χ1) is 16.7. The summed E-state index contributed by atoms with van der Waals surface area (Å²) in [6.45, 7) is 0.954. The van der Waals surface area contributed by atoms with Gasteiger partial charge in [0.2, 0.25) is 5.96 Å². The Kier molecular flexibility index (Phi) is 5.04. The number of carbonyl (C=O) groups excluding carboxylic acids is 1. The van der Waals surface area contributed by atoms with Crippen LogP contribution in [0.3, 0.4) is 0 Å². The van der Waals surface area contributed by atoms with Crippen molar-refractivity contribution in [2.75, 3.05) is 11.9 Å². The van der Waals surface area contributed by atoms with Crippen LogP contribution in [0, 0.1) is 0 Å². The molecule has 1 unspecified atom stereocenters. The molecule has 6 rings (SSSR count). The summed E-state index contributed by atoms with van der Waals surface area (Å²) in [5.74, 6) is 0.394. The van der Waals surface area contributed by atoms with E-state index in [1.807, 2.05) is 83.8 Å². The number of halogens is 1. The molecule has 1 atom stereocenters. The van der Waals surface area contributed by atoms with Crippen LogP contribution in [-0.2, 0) is 11.3 Å². The highest BCUT2D eigenvalue weighted by atomic mass is 35.5. The van der Waals surface area contributed by atoms with Crippen LogP contribution in [0.5, 0.6) is 0 Å². The highest BCUT2D eigenvalue weighted by molar-refractivity contribution is 6.31. The van der Waals surface area contributed by atoms with Crippen molar-refractivity contribution in [2.24, 2.45) is 4.99 Å². The lowest BCUT2D eigenvalue weighted by atomic mass is 9.97. The second-order valence-electron chi connectivity index (χ2n) is 8.18. The number of nitrogens with zero attached hydrogens (tertiary/aromatic N) is 3. The molecule has 0 saturated heterocycles. The van der Waals surface area contributed by atoms with Gasteiger partial charge >= 0.3 is 6.01 Å². The Bertz CT molecular complexity index is 1430. The van der Waals surface area contributed by atoms with Gasteiger partial charge in [0.15, 0.2) is 5.58 Å². The van der Waals surface area contributed by atoms with Gasteiger partial charge < -0.3 is 14.6 Å². The molecule has 1 aromatic heterocycles. The Morgan fingerprint density at radius 2 is 1.79 bits per heavy atom. The van der Waals surface area contributed by atoms with Crippen molar-refractivity contribution in [3.8, 4) is 0 Å². The Hall–Kier alpha value is -4.10. The van der Waals surface area contributed by atoms with Gasteiger partial charge in [-0.15, -0.1) is 0 Å². The first kappa shape index (κ1) is 20.5. The summed E-state index contributed by atoms with van der Waals surface area (Å²) in [7, 11) is 0. The number of anilines is 1. The van der Waals surface area contributed by atoms with Gasteiger partial charge in [0.25, 0.3) is 5.91 Å². The Morgan fingerprint density at radius 3 is 2.62 bits per heavy atom. The fourth-order valence-electron chi connectivity index (χ4n) is 4.35. The molecule has 0 bridgehead atoms. The molecule has 3 heterocycles. The number of aromatic nitrogens is 1. The van der Waals surface area contributed by atoms with Crippen molar-refractivity contribution < 1.29 is 9.21 Å². The molecule has 2 aliphatic heterocycles. The van der Waals surface area contributed by atoms with Crippen LogP contribution in [0.2, 0.25) is 5.02 Å². The van der Waals surface area contributed by atoms with Crippen LogP contribution in [0.4, 0.5) is 6.01 Å². The van der Waals surface area contributed by atoms with Crippen molar-refractivity contribution in [3.05, 3.63) is 106 Å². The van der Waals surface area contributed by atoms with Gasteiger partial charge in [0, 0.05) is 22.8 Å². The SMILES string of the molecule is O=C1C2=C(CN1Cc1ccccc1)NC(Nc1nc3ccccc3o1)=NC2c1ccccc1Cl. The van der Waals surface area contributed by atoms with E-state index in [0.717, 1.165) is 22.3 Å². The molecule has 3 aromatic carbocycles. The second kappa shape index (κ2) is 8.35. The van der Waals surface area contributed by atoms with E-state index in [4.69, 9.17) is 21.0 Å². The molecule has 7 nitrogen and oxygen atoms in total. The lowest BCUT2D eigenvalue weighted by Crippen LogP contribution is -2.36. The van der Waals surface area contributed by atoms with Crippen molar-refractivity contribution in [3.63, 3.8) is 0 Å². The molecule has 0 spiro atoms. The van der Waals surface area contributed by atoms with E-state index in [2.05, 4.69) is 15.6 Å². The molecule has 34 heavy (non-hydrogen) atoms. The minimum Gasteiger partial charge on any atom is -0.423 e. The third kappa shape index (κ3) is 3.70. The molecule has 1 amide bonds. The van der Waals surface area contributed by atoms with Crippen molar-refractivity contribution in [1.82, 2.24) is 15.2 Å². The normalized spacial score (nSPS) is 17.6. The highest BCUT2D eigenvalue weighted by Gasteiger charge is 2.39. The molecule has 0 radical (unpaired) electrons. The predicted octanol–water partition coefficient (Wildman–Crippen LogP) is 4.89. The third-order valence-corrected chi connectivity index (χ3v) is 6.27. The number of benzene rings is 3. The number of hydrogen-bond donors (Lipinski definition) is 2. The first-order valence-electron chi connectivity index (χ1n) is 10.9. The monoisotopic (exact) mass is 469 g/mol. The van der Waals surface area contributed by atoms with E-state index in [1.165, 1.54) is 0 Å². The number of oxazole rings is 1. The van der Waals surface area contributed by atoms with Crippen LogP contribution in [0.1, 0.15) is 17.2 Å². The third-order valence-electron chi connectivity index (χ3n) is 5.93. The van der Waals surface area contributed by atoms with E-state index >= 15 is 0 Å². The maximum Gasteiger partial charge on any atom is 0.302 e. The van der Waals surface area contributed by atoms with Gasteiger partial charge in [-0.3, -0.25) is 10.1 Å². The minimum atomic E-state index is -0.551. The number of hydrogen-bond acceptors (Lipinski definition) is 6. The van der Waals surface area contributed by atoms with Gasteiger partial charge in [0.05, 0.1) is 12.1 Å². The molecule has 2 aliphatic rings. The smallest absolute Gasteiger partial charge is 0.302 e. The number of para-hydroxylation sites is 2. The fourth-order valence-corrected chi connectivity index (χ4v) is 4.59. The summed E-state index contributed by atoms with van der Waals surface area (Å²) in [6.07, 6.45) is 0. The number of amides is 1. The second-order valence-corrected chi connectivity index (χ2v) is 8.58. The molecule has 0 aliphatic carbocycles. The molecule has 0 fully saturated rings. The lowest BCUT2D eigenvalue weighted by Gasteiger charge is -2.23. The topological polar surface area (TPSA) is 82.8 Å². The van der Waals surface area contributed by atoms with E-state index in [-0.39, 0.29) is 5.91 Å². The zero-order valence-corrected chi connectivity index (χ0v) is 18.8. The van der Waals surface area contributed by atoms with Gasteiger partial charge in [-0.05, 0) is 23.8 Å². The lowest BCUT2D eigenvalue weighted by molar-refractivity contribution is -0.126. The van der Waals surface area contributed by atoms with Crippen molar-refractivity contribution in [1.29, 1.82) is 0 Å². The minimum absolute atomic E-state index is 0.0547. The van der Waals surface area contributed by atoms with Crippen LogP contribution in [0.15, 0.2) is 99.5 Å². The largest absolute Gasteiger partial charge is 0.423 e. The van der Waals surface area contributed by atoms with E-state index in [1.54, 1.807) is 0 Å². The maximum absolute atomic E-state index is 13.5. The molecule has 168 valence electrons. The average molecular weight is 470 g/mol. The predicted molar refractivity (Wildman–Crippen MR) is 131 cm³/mol. The quantitative estimate of drug-likeness (QED) is 0.444. The van der Waals surface area contributed by atoms with Gasteiger partial charge in [-0.2, -0.15) is 4.98 Å². The summed E-state index contributed by atoms with van der Waals surface area (Å²) in [5.41, 5.74) is 4.65. The van der Waals surface area contributed by atoms with Gasteiger partial charge in [-0.1, -0.05) is 72.3 Å². The van der Waals surface area contributed by atoms with Crippen LogP contribution in [-0.4, -0.2) is 28.3 Å². The van der Waals surface area contributed by atoms with E-state index in [0.29, 0.717) is 41.2 Å². The van der Waals surface area contributed by atoms with E-state index < -0.39 is 6.04 Å². The van der Waals surface area contributed by atoms with E-state index in [9.17, 15) is 4.79 Å². The van der Waals surface area contributed by atoms with Crippen LogP contribution < -0.4 is 10.6 Å². The molecular formula is C26H20ClN5O2. The Labute approximate surface area is 200 Å². The van der Waals surface area contributed by atoms with Gasteiger partial charge in [-0.25, -0.2) is 4.99 Å². The van der Waals surface area contributed by atoms with Crippen LogP contribution >= 0.6 is 11.6 Å². The zero-order valence-electron chi connectivity index (χ0n) is 18.0. The highest BCUT2D eigenvalue weighted by Crippen LogP contribution is 2.38. The fraction of sp³-hybridized carbons (Fsp3) is 0.115. The summed E-state index contributed by atoms with van der Waals surface area (Å²) in [4.78, 5) is 24.6. The number of nitrogens with one attached hydrogen (secondary N) is 2. The summed E-state index contributed by atoms with van der Waals surface area (Å²) in [6, 6.07) is 24.7. The standard InChI is InChI=1S/C26H20ClN5O2/c27-18-11-5-4-10-17(18)23-22-20(15-32(24(22)33)14-16-8-2-1-3-9-16)28-25(30-23)31-26-29-19-12-6-7-13-21(19)34-26/h1-13,23H,14-15H2,(H2,28,29,30,31). The molecular weight excluding hydrogens is 450 g/mol. The summed E-state index contributed by atoms with van der Waals surface area (Å²) in [5, 5.41) is 6.98. The number of aliphatic imine (C=N–C) groups is 1. The summed E-state index contributed by atoms with van der Waals surface area (Å²) < 4.78 is 5.81. The first-order valence-corrected chi connectivity index (χ1v) is 11.3. The maximum atomic E-state index is 13.5.